The predicted molar refractivity (Wildman–Crippen MR) is 127 cm³/mol. The van der Waals surface area contributed by atoms with E-state index in [9.17, 15) is 9.59 Å². The summed E-state index contributed by atoms with van der Waals surface area (Å²) in [6.45, 7) is 8.12. The van der Waals surface area contributed by atoms with Crippen molar-refractivity contribution in [3.05, 3.63) is 59.1 Å². The molecule has 2 amide bonds. The third kappa shape index (κ3) is 8.08. The highest BCUT2D eigenvalue weighted by Gasteiger charge is 2.28. The molecule has 1 unspecified atom stereocenters. The Morgan fingerprint density at radius 3 is 2.28 bits per heavy atom. The zero-order chi connectivity index (χ0) is 23.7. The Balaban J connectivity index is 2.02. The van der Waals surface area contributed by atoms with Crippen LogP contribution >= 0.6 is 11.6 Å². The Bertz CT molecular complexity index is 894. The molecule has 0 bridgehead atoms. The predicted octanol–water partition coefficient (Wildman–Crippen LogP) is 4.84. The molecule has 0 aliphatic rings. The van der Waals surface area contributed by atoms with E-state index >= 15 is 0 Å². The van der Waals surface area contributed by atoms with Gasteiger partial charge >= 0.3 is 0 Å². The highest BCUT2D eigenvalue weighted by Crippen LogP contribution is 2.20. The van der Waals surface area contributed by atoms with E-state index < -0.39 is 11.6 Å². The summed E-state index contributed by atoms with van der Waals surface area (Å²) in [5, 5.41) is 3.52. The molecular weight excluding hydrogens is 428 g/mol. The molecule has 0 spiro atoms. The summed E-state index contributed by atoms with van der Waals surface area (Å²) in [6.07, 6.45) is 0.783. The number of nitrogens with zero attached hydrogens (tertiary/aromatic N) is 1. The molecule has 1 atom stereocenters. The van der Waals surface area contributed by atoms with Gasteiger partial charge in [0.1, 0.15) is 17.5 Å². The van der Waals surface area contributed by atoms with E-state index in [1.165, 1.54) is 0 Å². The molecule has 0 aromatic heterocycles. The number of hydrogen-bond donors (Lipinski definition) is 1. The Labute approximate surface area is 195 Å². The van der Waals surface area contributed by atoms with Gasteiger partial charge < -0.3 is 19.7 Å². The molecule has 7 heteroatoms. The number of methoxy groups -OCH3 is 1. The van der Waals surface area contributed by atoms with Gasteiger partial charge in [0.15, 0.2) is 0 Å². The van der Waals surface area contributed by atoms with E-state index in [1.54, 1.807) is 25.0 Å². The minimum atomic E-state index is -0.638. The zero-order valence-corrected chi connectivity index (χ0v) is 20.2. The fourth-order valence-electron chi connectivity index (χ4n) is 3.10. The van der Waals surface area contributed by atoms with Crippen LogP contribution in [0.2, 0.25) is 5.02 Å². The normalized spacial score (nSPS) is 12.1. The second kappa shape index (κ2) is 11.8. The Morgan fingerprint density at radius 1 is 1.06 bits per heavy atom. The van der Waals surface area contributed by atoms with Crippen LogP contribution < -0.4 is 14.8 Å². The number of rotatable bonds is 10. The van der Waals surface area contributed by atoms with Crippen LogP contribution in [0.3, 0.4) is 0 Å². The second-order valence-corrected chi connectivity index (χ2v) is 9.06. The van der Waals surface area contributed by atoms with E-state index in [0.717, 1.165) is 11.3 Å². The average Bonchev–Trinajstić information content (AvgIpc) is 2.74. The molecule has 0 radical (unpaired) electrons. The van der Waals surface area contributed by atoms with Crippen molar-refractivity contribution in [1.82, 2.24) is 10.2 Å². The van der Waals surface area contributed by atoms with Gasteiger partial charge in [-0.25, -0.2) is 0 Å². The molecule has 1 N–H and O–H groups in total. The number of carbonyl (C=O) groups excluding carboxylic acids is 2. The van der Waals surface area contributed by atoms with Crippen molar-refractivity contribution in [2.45, 2.75) is 58.7 Å². The van der Waals surface area contributed by atoms with E-state index in [4.69, 9.17) is 21.1 Å². The minimum Gasteiger partial charge on any atom is -0.497 e. The molecule has 174 valence electrons. The number of amides is 2. The first-order valence-corrected chi connectivity index (χ1v) is 11.1. The standard InChI is InChI=1S/C25H33ClN2O4/c1-18(24(30)27-25(2,3)4)28(17-19-9-6-7-10-22(19)26)23(29)11-8-16-32-21-14-12-20(31-5)13-15-21/h6-7,9-10,12-15,18H,8,11,16-17H2,1-5H3,(H,27,30). The minimum absolute atomic E-state index is 0.125. The molecule has 0 heterocycles. The van der Waals surface area contributed by atoms with E-state index in [0.29, 0.717) is 23.8 Å². The molecular formula is C25H33ClN2O4. The van der Waals surface area contributed by atoms with Crippen molar-refractivity contribution in [3.8, 4) is 11.5 Å². The van der Waals surface area contributed by atoms with Crippen LogP contribution in [0.25, 0.3) is 0 Å². The van der Waals surface area contributed by atoms with E-state index in [-0.39, 0.29) is 24.8 Å². The maximum Gasteiger partial charge on any atom is 0.242 e. The number of hydrogen-bond acceptors (Lipinski definition) is 4. The molecule has 2 rings (SSSR count). The van der Waals surface area contributed by atoms with Crippen molar-refractivity contribution in [2.24, 2.45) is 0 Å². The van der Waals surface area contributed by atoms with Gasteiger partial charge in [0.25, 0.3) is 0 Å². The van der Waals surface area contributed by atoms with Crippen molar-refractivity contribution >= 4 is 23.4 Å². The third-order valence-electron chi connectivity index (χ3n) is 4.83. The Morgan fingerprint density at radius 2 is 1.69 bits per heavy atom. The first-order chi connectivity index (χ1) is 15.1. The summed E-state index contributed by atoms with van der Waals surface area (Å²) < 4.78 is 10.9. The lowest BCUT2D eigenvalue weighted by Crippen LogP contribution is -2.52. The SMILES string of the molecule is COc1ccc(OCCCC(=O)N(Cc2ccccc2Cl)C(C)C(=O)NC(C)(C)C)cc1. The van der Waals surface area contributed by atoms with Crippen LogP contribution in [-0.4, -0.2) is 42.0 Å². The molecule has 0 saturated carbocycles. The topological polar surface area (TPSA) is 67.9 Å². The molecule has 0 saturated heterocycles. The van der Waals surface area contributed by atoms with Gasteiger partial charge in [-0.05, 0) is 70.0 Å². The molecule has 2 aromatic carbocycles. The third-order valence-corrected chi connectivity index (χ3v) is 5.20. The zero-order valence-electron chi connectivity index (χ0n) is 19.5. The summed E-state index contributed by atoms with van der Waals surface area (Å²) in [7, 11) is 1.61. The number of halogens is 1. The molecule has 0 fully saturated rings. The smallest absolute Gasteiger partial charge is 0.242 e. The maximum atomic E-state index is 13.1. The molecule has 0 aliphatic carbocycles. The number of nitrogens with one attached hydrogen (secondary N) is 1. The fourth-order valence-corrected chi connectivity index (χ4v) is 3.29. The lowest BCUT2D eigenvalue weighted by molar-refractivity contribution is -0.141. The molecule has 0 aliphatic heterocycles. The van der Waals surface area contributed by atoms with Crippen molar-refractivity contribution in [1.29, 1.82) is 0 Å². The van der Waals surface area contributed by atoms with Gasteiger partial charge in [-0.3, -0.25) is 9.59 Å². The molecule has 32 heavy (non-hydrogen) atoms. The fraction of sp³-hybridized carbons (Fsp3) is 0.440. The molecule has 6 nitrogen and oxygen atoms in total. The number of ether oxygens (including phenoxy) is 2. The van der Waals surface area contributed by atoms with Crippen LogP contribution in [-0.2, 0) is 16.1 Å². The van der Waals surface area contributed by atoms with Crippen molar-refractivity contribution < 1.29 is 19.1 Å². The summed E-state index contributed by atoms with van der Waals surface area (Å²) >= 11 is 6.31. The van der Waals surface area contributed by atoms with Crippen LogP contribution in [0.15, 0.2) is 48.5 Å². The monoisotopic (exact) mass is 460 g/mol. The Hall–Kier alpha value is -2.73. The highest BCUT2D eigenvalue weighted by molar-refractivity contribution is 6.31. The lowest BCUT2D eigenvalue weighted by atomic mass is 10.1. The first-order valence-electron chi connectivity index (χ1n) is 10.7. The van der Waals surface area contributed by atoms with Gasteiger partial charge in [0.2, 0.25) is 11.8 Å². The first kappa shape index (κ1) is 25.5. The average molecular weight is 461 g/mol. The van der Waals surface area contributed by atoms with Gasteiger partial charge in [-0.2, -0.15) is 0 Å². The van der Waals surface area contributed by atoms with Crippen LogP contribution in [0.4, 0.5) is 0 Å². The lowest BCUT2D eigenvalue weighted by Gasteiger charge is -2.31. The quantitative estimate of drug-likeness (QED) is 0.515. The Kier molecular flexibility index (Phi) is 9.39. The van der Waals surface area contributed by atoms with Crippen LogP contribution in [0.1, 0.15) is 46.1 Å². The maximum absolute atomic E-state index is 13.1. The summed E-state index contributed by atoms with van der Waals surface area (Å²) in [4.78, 5) is 27.4. The number of benzene rings is 2. The summed E-state index contributed by atoms with van der Waals surface area (Å²) in [6, 6.07) is 14.0. The highest BCUT2D eigenvalue weighted by atomic mass is 35.5. The molecule has 2 aromatic rings. The van der Waals surface area contributed by atoms with E-state index in [2.05, 4.69) is 5.32 Å². The van der Waals surface area contributed by atoms with Crippen LogP contribution in [0, 0.1) is 0 Å². The van der Waals surface area contributed by atoms with Gasteiger partial charge in [-0.15, -0.1) is 0 Å². The van der Waals surface area contributed by atoms with Gasteiger partial charge in [0.05, 0.1) is 13.7 Å². The van der Waals surface area contributed by atoms with Crippen molar-refractivity contribution in [2.75, 3.05) is 13.7 Å². The number of carbonyl (C=O) groups is 2. The van der Waals surface area contributed by atoms with E-state index in [1.807, 2.05) is 63.2 Å². The van der Waals surface area contributed by atoms with Crippen LogP contribution in [0.5, 0.6) is 11.5 Å². The van der Waals surface area contributed by atoms with Crippen molar-refractivity contribution in [3.63, 3.8) is 0 Å². The summed E-state index contributed by atoms with van der Waals surface area (Å²) in [5.74, 6) is 1.14. The largest absolute Gasteiger partial charge is 0.497 e. The second-order valence-electron chi connectivity index (χ2n) is 8.66. The summed E-state index contributed by atoms with van der Waals surface area (Å²) in [5.41, 5.74) is 0.406. The van der Waals surface area contributed by atoms with Gasteiger partial charge in [0, 0.05) is 23.5 Å². The van der Waals surface area contributed by atoms with Gasteiger partial charge in [-0.1, -0.05) is 29.8 Å².